The molecule has 0 N–H and O–H groups in total. The Bertz CT molecular complexity index is 3390. The molecule has 0 aliphatic rings. The van der Waals surface area contributed by atoms with E-state index in [4.69, 9.17) is 24.4 Å². The summed E-state index contributed by atoms with van der Waals surface area (Å²) >= 11 is 0. The van der Waals surface area contributed by atoms with Crippen molar-refractivity contribution in [1.82, 2.24) is 19.9 Å². The van der Waals surface area contributed by atoms with Gasteiger partial charge in [0.2, 0.25) is 0 Å². The van der Waals surface area contributed by atoms with Gasteiger partial charge in [-0.2, -0.15) is 0 Å². The van der Waals surface area contributed by atoms with E-state index in [1.54, 1.807) is 0 Å². The highest BCUT2D eigenvalue weighted by molar-refractivity contribution is 6.05. The van der Waals surface area contributed by atoms with Crippen LogP contribution >= 0.6 is 0 Å². The van der Waals surface area contributed by atoms with Gasteiger partial charge in [-0.05, 0) is 106 Å². The van der Waals surface area contributed by atoms with E-state index in [1.165, 1.54) is 22.3 Å². The zero-order valence-corrected chi connectivity index (χ0v) is 34.8. The van der Waals surface area contributed by atoms with Crippen molar-refractivity contribution in [3.05, 3.63) is 218 Å². The van der Waals surface area contributed by atoms with Gasteiger partial charge < -0.3 is 4.42 Å². The van der Waals surface area contributed by atoms with Crippen LogP contribution in [0.4, 0.5) is 0 Å². The Kier molecular flexibility index (Phi) is 9.55. The maximum atomic E-state index is 6.31. The molecule has 11 aromatic rings. The first-order valence-electron chi connectivity index (χ1n) is 21.2. The molecule has 3 heterocycles. The van der Waals surface area contributed by atoms with Crippen molar-refractivity contribution in [2.45, 2.75) is 13.8 Å². The van der Waals surface area contributed by atoms with E-state index >= 15 is 0 Å². The highest BCUT2D eigenvalue weighted by Gasteiger charge is 2.19. The number of para-hydroxylation sites is 1. The second-order valence-electron chi connectivity index (χ2n) is 15.9. The van der Waals surface area contributed by atoms with Crippen molar-refractivity contribution in [3.63, 3.8) is 0 Å². The molecule has 11 rings (SSSR count). The molecule has 0 unspecified atom stereocenters. The summed E-state index contributed by atoms with van der Waals surface area (Å²) in [7, 11) is 0. The Balaban J connectivity index is 1.05. The lowest BCUT2D eigenvalue weighted by Crippen LogP contribution is -2.00. The van der Waals surface area contributed by atoms with Crippen LogP contribution in [0, 0.1) is 13.8 Å². The molecule has 0 radical (unpaired) electrons. The summed E-state index contributed by atoms with van der Waals surface area (Å²) in [5, 5.41) is 2.13. The fourth-order valence-electron chi connectivity index (χ4n) is 8.67. The van der Waals surface area contributed by atoms with Crippen molar-refractivity contribution in [1.29, 1.82) is 0 Å². The molecule has 298 valence electrons. The van der Waals surface area contributed by atoms with Crippen LogP contribution in [0.5, 0.6) is 0 Å². The van der Waals surface area contributed by atoms with E-state index in [0.717, 1.165) is 83.4 Å². The molecule has 0 aliphatic carbocycles. The molecule has 8 aromatic carbocycles. The normalized spacial score (nSPS) is 11.3. The van der Waals surface area contributed by atoms with Crippen LogP contribution in [-0.4, -0.2) is 19.9 Å². The SMILES string of the molecule is Cc1ccc(-c2cccc(-c3nc(-c4ccc(-c5cc(-c6ccccc6)c(-c6ccccc6)c(-c6ccccc6)c5)cc4)nc(-c4ccc5c(c4)oc4ccccc45)n3)c2)c(C)n1. The molecular formula is C58H40N4O. The summed E-state index contributed by atoms with van der Waals surface area (Å²) < 4.78 is 6.31. The van der Waals surface area contributed by atoms with Crippen LogP contribution in [0.25, 0.3) is 112 Å². The molecule has 63 heavy (non-hydrogen) atoms. The van der Waals surface area contributed by atoms with Crippen LogP contribution in [0.2, 0.25) is 0 Å². The van der Waals surface area contributed by atoms with Gasteiger partial charge in [-0.3, -0.25) is 4.98 Å². The van der Waals surface area contributed by atoms with Crippen molar-refractivity contribution in [3.8, 4) is 89.8 Å². The lowest BCUT2D eigenvalue weighted by atomic mass is 9.84. The number of fused-ring (bicyclic) bond motifs is 3. The Hall–Kier alpha value is -8.28. The lowest BCUT2D eigenvalue weighted by molar-refractivity contribution is 0.669. The number of benzene rings is 8. The van der Waals surface area contributed by atoms with Gasteiger partial charge in [0, 0.05) is 44.4 Å². The molecule has 0 spiro atoms. The lowest BCUT2D eigenvalue weighted by Gasteiger charge is -2.19. The van der Waals surface area contributed by atoms with Gasteiger partial charge in [-0.1, -0.05) is 164 Å². The molecule has 0 amide bonds. The van der Waals surface area contributed by atoms with E-state index in [1.807, 2.05) is 31.2 Å². The summed E-state index contributed by atoms with van der Waals surface area (Å²) in [4.78, 5) is 20.2. The Morgan fingerprint density at radius 3 is 1.46 bits per heavy atom. The monoisotopic (exact) mass is 808 g/mol. The maximum absolute atomic E-state index is 6.31. The number of hydrogen-bond acceptors (Lipinski definition) is 5. The number of aromatic nitrogens is 4. The van der Waals surface area contributed by atoms with Crippen LogP contribution in [-0.2, 0) is 0 Å². The van der Waals surface area contributed by atoms with E-state index in [-0.39, 0.29) is 0 Å². The van der Waals surface area contributed by atoms with Crippen molar-refractivity contribution >= 4 is 21.9 Å². The topological polar surface area (TPSA) is 64.7 Å². The Morgan fingerprint density at radius 1 is 0.302 bits per heavy atom. The zero-order valence-electron chi connectivity index (χ0n) is 34.8. The summed E-state index contributed by atoms with van der Waals surface area (Å²) in [5.74, 6) is 1.73. The van der Waals surface area contributed by atoms with Gasteiger partial charge in [0.25, 0.3) is 0 Å². The third-order valence-electron chi connectivity index (χ3n) is 11.8. The van der Waals surface area contributed by atoms with Crippen molar-refractivity contribution < 1.29 is 4.42 Å². The highest BCUT2D eigenvalue weighted by Crippen LogP contribution is 2.44. The average molecular weight is 809 g/mol. The highest BCUT2D eigenvalue weighted by atomic mass is 16.3. The summed E-state index contributed by atoms with van der Waals surface area (Å²) in [5.41, 5.74) is 17.6. The molecule has 0 saturated heterocycles. The predicted molar refractivity (Wildman–Crippen MR) is 258 cm³/mol. The molecule has 0 fully saturated rings. The van der Waals surface area contributed by atoms with Crippen LogP contribution < -0.4 is 0 Å². The fraction of sp³-hybridized carbons (Fsp3) is 0.0345. The van der Waals surface area contributed by atoms with E-state index < -0.39 is 0 Å². The van der Waals surface area contributed by atoms with Gasteiger partial charge in [0.05, 0.1) is 0 Å². The quantitative estimate of drug-likeness (QED) is 0.153. The van der Waals surface area contributed by atoms with Crippen LogP contribution in [0.15, 0.2) is 211 Å². The first-order valence-corrected chi connectivity index (χ1v) is 21.2. The third kappa shape index (κ3) is 7.26. The second kappa shape index (κ2) is 16.0. The number of nitrogens with zero attached hydrogens (tertiary/aromatic N) is 4. The smallest absolute Gasteiger partial charge is 0.164 e. The minimum absolute atomic E-state index is 0.566. The van der Waals surface area contributed by atoms with Gasteiger partial charge in [-0.15, -0.1) is 0 Å². The molecule has 5 heteroatoms. The summed E-state index contributed by atoms with van der Waals surface area (Å²) in [6, 6.07) is 72.1. The molecular weight excluding hydrogens is 769 g/mol. The van der Waals surface area contributed by atoms with Gasteiger partial charge in [0.1, 0.15) is 11.2 Å². The summed E-state index contributed by atoms with van der Waals surface area (Å²) in [6.45, 7) is 4.07. The predicted octanol–water partition coefficient (Wildman–Crippen LogP) is 15.1. The Labute approximate surface area is 366 Å². The van der Waals surface area contributed by atoms with Crippen LogP contribution in [0.3, 0.4) is 0 Å². The molecule has 0 bridgehead atoms. The average Bonchev–Trinajstić information content (AvgIpc) is 3.72. The molecule has 0 saturated carbocycles. The van der Waals surface area contributed by atoms with E-state index in [0.29, 0.717) is 17.5 Å². The van der Waals surface area contributed by atoms with E-state index in [9.17, 15) is 0 Å². The number of rotatable bonds is 8. The molecule has 3 aromatic heterocycles. The fourth-order valence-corrected chi connectivity index (χ4v) is 8.67. The minimum Gasteiger partial charge on any atom is -0.456 e. The number of furan rings is 1. The number of aryl methyl sites for hydroxylation is 2. The number of hydrogen-bond donors (Lipinski definition) is 0. The molecule has 0 aliphatic heterocycles. The Morgan fingerprint density at radius 2 is 0.810 bits per heavy atom. The standard InChI is InChI=1S/C58H40N4O/c1-37-25-31-48(38(2)59-37)44-21-14-22-45(33-44)57-60-56(61-58(62-57)46-30-32-50-49-23-12-13-24-53(49)63-54(50)36-46)43-28-26-39(27-29-43)47-34-51(40-15-6-3-7-16-40)55(42-19-10-5-11-20-42)52(35-47)41-17-8-4-9-18-41/h3-36H,1-2H3. The largest absolute Gasteiger partial charge is 0.456 e. The van der Waals surface area contributed by atoms with Gasteiger partial charge in [-0.25, -0.2) is 15.0 Å². The van der Waals surface area contributed by atoms with E-state index in [2.05, 4.69) is 189 Å². The molecule has 0 atom stereocenters. The number of pyridine rings is 1. The zero-order chi connectivity index (χ0) is 42.3. The van der Waals surface area contributed by atoms with Crippen molar-refractivity contribution in [2.75, 3.05) is 0 Å². The van der Waals surface area contributed by atoms with Crippen LogP contribution in [0.1, 0.15) is 11.4 Å². The van der Waals surface area contributed by atoms with Gasteiger partial charge in [0.15, 0.2) is 17.5 Å². The first kappa shape index (κ1) is 37.7. The second-order valence-corrected chi connectivity index (χ2v) is 15.9. The maximum Gasteiger partial charge on any atom is 0.164 e. The first-order chi connectivity index (χ1) is 31.0. The van der Waals surface area contributed by atoms with Gasteiger partial charge >= 0.3 is 0 Å². The molecule has 5 nitrogen and oxygen atoms in total. The third-order valence-corrected chi connectivity index (χ3v) is 11.8. The van der Waals surface area contributed by atoms with Crippen molar-refractivity contribution in [2.24, 2.45) is 0 Å². The summed E-state index contributed by atoms with van der Waals surface area (Å²) in [6.07, 6.45) is 0. The minimum atomic E-state index is 0.566.